The number of aromatic nitrogens is 1. The summed E-state index contributed by atoms with van der Waals surface area (Å²) < 4.78 is 5.33. The molecule has 0 unspecified atom stereocenters. The minimum Gasteiger partial charge on any atom is -0.494 e. The molecule has 3 rings (SSSR count). The van der Waals surface area contributed by atoms with Crippen LogP contribution in [0.2, 0.25) is 0 Å². The Labute approximate surface area is 138 Å². The van der Waals surface area contributed by atoms with E-state index in [1.165, 1.54) is 0 Å². The van der Waals surface area contributed by atoms with Gasteiger partial charge in [-0.05, 0) is 43.7 Å². The highest BCUT2D eigenvalue weighted by molar-refractivity contribution is 5.97. The van der Waals surface area contributed by atoms with Gasteiger partial charge in [-0.2, -0.15) is 0 Å². The largest absolute Gasteiger partial charge is 0.494 e. The lowest BCUT2D eigenvalue weighted by Gasteiger charge is -2.02. The summed E-state index contributed by atoms with van der Waals surface area (Å²) >= 11 is 0. The van der Waals surface area contributed by atoms with Gasteiger partial charge in [-0.15, -0.1) is 10.2 Å². The molecule has 6 nitrogen and oxygen atoms in total. The molecule has 2 aromatic carbocycles. The predicted molar refractivity (Wildman–Crippen MR) is 91.2 cm³/mol. The highest BCUT2D eigenvalue weighted by Gasteiger charge is 2.12. The standard InChI is InChI=1S/C18H17N3O3/c1-3-24-13-9-7-12(8-10-13)17(22)21-20-16-14-6-4-5-11(2)15(14)19-18(16)23/h4-10,19,23H,3H2,1-2H3. The fraction of sp³-hybridized carbons (Fsp3) is 0.167. The maximum atomic E-state index is 12.1. The monoisotopic (exact) mass is 323 g/mol. The third kappa shape index (κ3) is 2.99. The first kappa shape index (κ1) is 15.7. The molecule has 24 heavy (non-hydrogen) atoms. The Bertz CT molecular complexity index is 911. The second-order valence-corrected chi connectivity index (χ2v) is 5.28. The minimum atomic E-state index is -0.487. The van der Waals surface area contributed by atoms with Crippen LogP contribution in [0.1, 0.15) is 22.8 Å². The third-order valence-electron chi connectivity index (χ3n) is 3.65. The molecule has 0 spiro atoms. The van der Waals surface area contributed by atoms with Crippen LogP contribution < -0.4 is 4.74 Å². The van der Waals surface area contributed by atoms with Crippen LogP contribution in [0.3, 0.4) is 0 Å². The van der Waals surface area contributed by atoms with Gasteiger partial charge in [0, 0.05) is 10.9 Å². The first-order chi connectivity index (χ1) is 11.6. The third-order valence-corrected chi connectivity index (χ3v) is 3.65. The Balaban J connectivity index is 1.86. The Morgan fingerprint density at radius 2 is 1.96 bits per heavy atom. The van der Waals surface area contributed by atoms with E-state index in [9.17, 15) is 9.90 Å². The molecule has 0 aliphatic carbocycles. The second-order valence-electron chi connectivity index (χ2n) is 5.28. The summed E-state index contributed by atoms with van der Waals surface area (Å²) in [5.41, 5.74) is 2.41. The maximum absolute atomic E-state index is 12.1. The number of carbonyl (C=O) groups excluding carboxylic acids is 1. The summed E-state index contributed by atoms with van der Waals surface area (Å²) in [4.78, 5) is 15.0. The van der Waals surface area contributed by atoms with Crippen molar-refractivity contribution in [3.8, 4) is 11.6 Å². The number of nitrogens with one attached hydrogen (secondary N) is 1. The van der Waals surface area contributed by atoms with Gasteiger partial charge in [-0.1, -0.05) is 18.2 Å². The van der Waals surface area contributed by atoms with Gasteiger partial charge >= 0.3 is 0 Å². The summed E-state index contributed by atoms with van der Waals surface area (Å²) in [6.45, 7) is 4.37. The number of fused-ring (bicyclic) bond motifs is 1. The zero-order valence-electron chi connectivity index (χ0n) is 13.4. The highest BCUT2D eigenvalue weighted by atomic mass is 16.5. The van der Waals surface area contributed by atoms with Crippen molar-refractivity contribution < 1.29 is 14.6 Å². The Hall–Kier alpha value is -3.15. The quantitative estimate of drug-likeness (QED) is 0.693. The lowest BCUT2D eigenvalue weighted by molar-refractivity contribution is 0.0995. The average Bonchev–Trinajstić information content (AvgIpc) is 2.91. The molecule has 2 N–H and O–H groups in total. The van der Waals surface area contributed by atoms with E-state index in [4.69, 9.17) is 4.74 Å². The van der Waals surface area contributed by atoms with E-state index in [0.29, 0.717) is 17.9 Å². The van der Waals surface area contributed by atoms with E-state index in [2.05, 4.69) is 15.2 Å². The molecule has 0 bridgehead atoms. The summed E-state index contributed by atoms with van der Waals surface area (Å²) in [5, 5.41) is 18.4. The van der Waals surface area contributed by atoms with E-state index in [0.717, 1.165) is 16.5 Å². The normalized spacial score (nSPS) is 11.2. The second kappa shape index (κ2) is 6.54. The van der Waals surface area contributed by atoms with Crippen molar-refractivity contribution in [2.45, 2.75) is 13.8 Å². The van der Waals surface area contributed by atoms with Crippen LogP contribution in [-0.2, 0) is 0 Å². The van der Waals surface area contributed by atoms with Gasteiger partial charge in [0.25, 0.3) is 5.91 Å². The fourth-order valence-corrected chi connectivity index (χ4v) is 2.45. The molecule has 0 fully saturated rings. The Morgan fingerprint density at radius 1 is 1.21 bits per heavy atom. The van der Waals surface area contributed by atoms with Crippen molar-refractivity contribution in [1.82, 2.24) is 4.98 Å². The number of aromatic amines is 1. The molecule has 0 saturated heterocycles. The predicted octanol–water partition coefficient (Wildman–Crippen LogP) is 4.50. The number of azo groups is 1. The Kier molecular flexibility index (Phi) is 4.29. The van der Waals surface area contributed by atoms with Gasteiger partial charge in [-0.3, -0.25) is 4.79 Å². The number of carbonyl (C=O) groups is 1. The van der Waals surface area contributed by atoms with E-state index in [1.54, 1.807) is 24.3 Å². The molecule has 3 aromatic rings. The maximum Gasteiger partial charge on any atom is 0.295 e. The molecular formula is C18H17N3O3. The first-order valence-electron chi connectivity index (χ1n) is 7.59. The van der Waals surface area contributed by atoms with Crippen LogP contribution >= 0.6 is 0 Å². The van der Waals surface area contributed by atoms with E-state index in [-0.39, 0.29) is 11.6 Å². The zero-order chi connectivity index (χ0) is 17.1. The number of H-pyrrole nitrogens is 1. The first-order valence-corrected chi connectivity index (χ1v) is 7.59. The average molecular weight is 323 g/mol. The van der Waals surface area contributed by atoms with Crippen LogP contribution in [0.15, 0.2) is 52.7 Å². The minimum absolute atomic E-state index is 0.109. The van der Waals surface area contributed by atoms with Gasteiger partial charge in [0.2, 0.25) is 5.88 Å². The molecule has 1 heterocycles. The number of aryl methyl sites for hydroxylation is 1. The van der Waals surface area contributed by atoms with Crippen molar-refractivity contribution in [3.63, 3.8) is 0 Å². The molecule has 122 valence electrons. The summed E-state index contributed by atoms with van der Waals surface area (Å²) in [5.74, 6) is 0.0951. The molecule has 1 aromatic heterocycles. The fourth-order valence-electron chi connectivity index (χ4n) is 2.45. The number of hydrogen-bond acceptors (Lipinski definition) is 4. The molecule has 0 atom stereocenters. The van der Waals surface area contributed by atoms with E-state index >= 15 is 0 Å². The van der Waals surface area contributed by atoms with Crippen LogP contribution in [0.4, 0.5) is 5.69 Å². The van der Waals surface area contributed by atoms with E-state index < -0.39 is 5.91 Å². The number of ether oxygens (including phenoxy) is 1. The van der Waals surface area contributed by atoms with Crippen molar-refractivity contribution in [3.05, 3.63) is 53.6 Å². The number of nitrogens with zero attached hydrogens (tertiary/aromatic N) is 2. The Morgan fingerprint density at radius 3 is 2.67 bits per heavy atom. The number of benzene rings is 2. The van der Waals surface area contributed by atoms with Gasteiger partial charge in [0.05, 0.1) is 12.1 Å². The number of para-hydroxylation sites is 1. The summed E-state index contributed by atoms with van der Waals surface area (Å²) in [6, 6.07) is 12.3. The molecule has 0 radical (unpaired) electrons. The molecule has 6 heteroatoms. The van der Waals surface area contributed by atoms with Gasteiger partial charge < -0.3 is 14.8 Å². The number of rotatable bonds is 4. The lowest BCUT2D eigenvalue weighted by atomic mass is 10.1. The highest BCUT2D eigenvalue weighted by Crippen LogP contribution is 2.36. The lowest BCUT2D eigenvalue weighted by Crippen LogP contribution is -1.95. The van der Waals surface area contributed by atoms with Crippen LogP contribution in [0.5, 0.6) is 11.6 Å². The van der Waals surface area contributed by atoms with Gasteiger partial charge in [0.15, 0.2) is 5.69 Å². The molecule has 0 saturated carbocycles. The van der Waals surface area contributed by atoms with Gasteiger partial charge in [-0.25, -0.2) is 0 Å². The number of aromatic hydroxyl groups is 1. The SMILES string of the molecule is CCOc1ccc(C(=O)N=Nc2c(O)[nH]c3c(C)cccc23)cc1. The van der Waals surface area contributed by atoms with Crippen molar-refractivity contribution >= 4 is 22.5 Å². The van der Waals surface area contributed by atoms with Gasteiger partial charge in [0.1, 0.15) is 5.75 Å². The van der Waals surface area contributed by atoms with Crippen molar-refractivity contribution in [1.29, 1.82) is 0 Å². The zero-order valence-corrected chi connectivity index (χ0v) is 13.4. The van der Waals surface area contributed by atoms with Crippen LogP contribution in [-0.4, -0.2) is 22.6 Å². The molecule has 0 aliphatic rings. The topological polar surface area (TPSA) is 87.0 Å². The number of amides is 1. The summed E-state index contributed by atoms with van der Waals surface area (Å²) in [7, 11) is 0. The smallest absolute Gasteiger partial charge is 0.295 e. The number of hydrogen-bond donors (Lipinski definition) is 2. The van der Waals surface area contributed by atoms with Crippen molar-refractivity contribution in [2.24, 2.45) is 10.2 Å². The molecule has 0 aliphatic heterocycles. The molecule has 1 amide bonds. The van der Waals surface area contributed by atoms with Crippen LogP contribution in [0, 0.1) is 6.92 Å². The van der Waals surface area contributed by atoms with E-state index in [1.807, 2.05) is 32.0 Å². The molecular weight excluding hydrogens is 306 g/mol. The van der Waals surface area contributed by atoms with Crippen molar-refractivity contribution in [2.75, 3.05) is 6.61 Å². The van der Waals surface area contributed by atoms with Crippen LogP contribution in [0.25, 0.3) is 10.9 Å². The summed E-state index contributed by atoms with van der Waals surface area (Å²) in [6.07, 6.45) is 0.